The number of hydrogen-bond acceptors (Lipinski definition) is 8. The SMILES string of the molecule is C.Cc1cc(C)c(N2C(=O)c3ccc(-c4ccc5c(c4)C(=O)N(c4c(C)cc(C)c(N6C(=O)c7ccc(C(c8ccc9c(c8)C(=O)N(C)C9=O)(C(F)(F)F)C(F)(F)F)cc7C6=O)c4C)C5=O)cc3C2=O)c(C)c1C.[Y]. The standard InChI is InChI=1S/C55H38F6N4O8.CH4.Y/c1-23-17-24(2)42(28(6)27(23)5)63-47(68)35-13-9-30(19-38(35)50(63)71)31-10-14-36-39(20-31)51(72)64(48(36)69)43-25(3)18-26(4)44(29(43)7)65-49(70)37-16-12-33(22-41(37)52(65)73)53(54(56,57)58,55(59,60)61)32-11-15-34-40(21-32)46(67)62(8)45(34)66;;/h9-22H,1-8H3;1H4;. The van der Waals surface area contributed by atoms with E-state index in [2.05, 4.69) is 0 Å². The summed E-state index contributed by atoms with van der Waals surface area (Å²) < 4.78 is 92.2. The molecule has 0 aromatic heterocycles. The number of imide groups is 4. The van der Waals surface area contributed by atoms with Crippen LogP contribution in [0, 0.1) is 48.5 Å². The van der Waals surface area contributed by atoms with Crippen molar-refractivity contribution < 1.29 is 97.4 Å². The summed E-state index contributed by atoms with van der Waals surface area (Å²) >= 11 is 0. The van der Waals surface area contributed by atoms with Crippen molar-refractivity contribution in [1.82, 2.24) is 4.90 Å². The number of rotatable bonds is 6. The Labute approximate surface area is 450 Å². The molecule has 1 radical (unpaired) electrons. The minimum Gasteiger partial charge on any atom is -0.277 e. The van der Waals surface area contributed by atoms with Crippen molar-refractivity contribution in [3.8, 4) is 11.1 Å². The quantitative estimate of drug-likeness (QED) is 0.118. The largest absolute Gasteiger partial charge is 0.411 e. The predicted octanol–water partition coefficient (Wildman–Crippen LogP) is 11.2. The van der Waals surface area contributed by atoms with Crippen LogP contribution in [-0.2, 0) is 38.1 Å². The van der Waals surface area contributed by atoms with Crippen molar-refractivity contribution in [3.63, 3.8) is 0 Å². The number of alkyl halides is 6. The zero-order valence-electron chi connectivity index (χ0n) is 40.5. The summed E-state index contributed by atoms with van der Waals surface area (Å²) in [5.41, 5.74) is -4.91. The first-order valence-corrected chi connectivity index (χ1v) is 22.5. The van der Waals surface area contributed by atoms with Gasteiger partial charge in [0.25, 0.3) is 47.3 Å². The van der Waals surface area contributed by atoms with Crippen molar-refractivity contribution in [3.05, 3.63) is 180 Å². The Morgan fingerprint density at radius 1 is 0.347 bits per heavy atom. The van der Waals surface area contributed by atoms with Crippen molar-refractivity contribution in [2.24, 2.45) is 0 Å². The normalized spacial score (nSPS) is 15.2. The fourth-order valence-corrected chi connectivity index (χ4v) is 11.0. The Morgan fingerprint density at radius 3 is 1.03 bits per heavy atom. The van der Waals surface area contributed by atoms with E-state index in [1.54, 1.807) is 19.1 Å². The second-order valence-corrected chi connectivity index (χ2v) is 18.7. The van der Waals surface area contributed by atoms with Crippen LogP contribution in [0.5, 0.6) is 0 Å². The topological polar surface area (TPSA) is 150 Å². The molecule has 0 N–H and O–H groups in total. The second-order valence-electron chi connectivity index (χ2n) is 18.7. The van der Waals surface area contributed by atoms with Crippen LogP contribution >= 0.6 is 0 Å². The molecular weight excluding hydrogens is 1060 g/mol. The molecule has 10 rings (SSSR count). The molecule has 0 atom stereocenters. The number of halogens is 6. The molecule has 0 saturated heterocycles. The van der Waals surface area contributed by atoms with Gasteiger partial charge in [-0.3, -0.25) is 43.3 Å². The summed E-state index contributed by atoms with van der Waals surface area (Å²) in [5, 5.41) is 0. The Balaban J connectivity index is 0.00000374. The Kier molecular flexibility index (Phi) is 12.8. The predicted molar refractivity (Wildman–Crippen MR) is 260 cm³/mol. The van der Waals surface area contributed by atoms with Crippen LogP contribution < -0.4 is 14.7 Å². The van der Waals surface area contributed by atoms with Gasteiger partial charge in [-0.1, -0.05) is 43.8 Å². The van der Waals surface area contributed by atoms with Crippen molar-refractivity contribution in [2.45, 2.75) is 73.7 Å². The van der Waals surface area contributed by atoms with Crippen molar-refractivity contribution in [1.29, 1.82) is 0 Å². The summed E-state index contributed by atoms with van der Waals surface area (Å²) in [7, 11) is 1.02. The number of carbonyl (C=O) groups is 8. The Hall–Kier alpha value is -7.44. The van der Waals surface area contributed by atoms with Gasteiger partial charge in [0.15, 0.2) is 0 Å². The molecule has 0 fully saturated rings. The van der Waals surface area contributed by atoms with Gasteiger partial charge in [0.1, 0.15) is 0 Å². The number of amides is 8. The van der Waals surface area contributed by atoms with Gasteiger partial charge in [-0.2, -0.15) is 26.3 Å². The minimum atomic E-state index is -6.18. The molecule has 0 spiro atoms. The molecule has 12 nitrogen and oxygen atoms in total. The molecule has 19 heteroatoms. The number of fused-ring (bicyclic) bond motifs is 4. The van der Waals surface area contributed by atoms with Gasteiger partial charge in [-0.15, -0.1) is 0 Å². The van der Waals surface area contributed by atoms with Crippen molar-refractivity contribution >= 4 is 64.3 Å². The summed E-state index contributed by atoms with van der Waals surface area (Å²) in [5.74, 6) is -7.11. The van der Waals surface area contributed by atoms with Crippen LogP contribution in [0.1, 0.15) is 140 Å². The molecule has 8 amide bonds. The van der Waals surface area contributed by atoms with E-state index in [1.165, 1.54) is 44.2 Å². The number of hydrogen-bond donors (Lipinski definition) is 0. The minimum absolute atomic E-state index is 0. The molecule has 379 valence electrons. The number of carbonyl (C=O) groups excluding carboxylic acids is 8. The fraction of sp³-hybridized carbons (Fsp3) is 0.214. The Bertz CT molecular complexity index is 3680. The number of anilines is 3. The molecule has 6 aromatic carbocycles. The number of nitrogens with zero attached hydrogens (tertiary/aromatic N) is 4. The first kappa shape index (κ1) is 53.8. The van der Waals surface area contributed by atoms with E-state index in [9.17, 15) is 38.4 Å². The average Bonchev–Trinajstić information content (AvgIpc) is 3.90. The first-order chi connectivity index (χ1) is 34.1. The zero-order valence-corrected chi connectivity index (χ0v) is 43.3. The van der Waals surface area contributed by atoms with E-state index < -0.39 is 98.4 Å². The molecule has 0 saturated carbocycles. The first-order valence-electron chi connectivity index (χ1n) is 22.5. The zero-order chi connectivity index (χ0) is 53.0. The summed E-state index contributed by atoms with van der Waals surface area (Å²) in [6.45, 7) is 12.0. The number of benzene rings is 6. The molecule has 0 aliphatic carbocycles. The van der Waals surface area contributed by atoms with E-state index in [0.717, 1.165) is 39.1 Å². The molecular formula is C56H42F6N4O8Y. The molecule has 4 aliphatic rings. The average molecular weight is 1100 g/mol. The van der Waals surface area contributed by atoms with Gasteiger partial charge in [0, 0.05) is 39.8 Å². The van der Waals surface area contributed by atoms with Crippen LogP contribution in [0.4, 0.5) is 43.4 Å². The second kappa shape index (κ2) is 17.9. The van der Waals surface area contributed by atoms with Gasteiger partial charge in [0.05, 0.1) is 61.6 Å². The van der Waals surface area contributed by atoms with E-state index in [1.807, 2.05) is 33.8 Å². The smallest absolute Gasteiger partial charge is 0.277 e. The van der Waals surface area contributed by atoms with Gasteiger partial charge < -0.3 is 0 Å². The third-order valence-corrected chi connectivity index (χ3v) is 14.7. The fourth-order valence-electron chi connectivity index (χ4n) is 11.0. The van der Waals surface area contributed by atoms with Gasteiger partial charge in [0.2, 0.25) is 5.41 Å². The molecule has 4 aliphatic heterocycles. The molecule has 75 heavy (non-hydrogen) atoms. The maximum atomic E-state index is 15.4. The van der Waals surface area contributed by atoms with E-state index >= 15 is 26.3 Å². The van der Waals surface area contributed by atoms with Crippen LogP contribution in [0.2, 0.25) is 0 Å². The van der Waals surface area contributed by atoms with E-state index in [0.29, 0.717) is 68.6 Å². The Morgan fingerprint density at radius 2 is 0.640 bits per heavy atom. The summed E-state index contributed by atoms with van der Waals surface area (Å²) in [6.07, 6.45) is -12.4. The monoisotopic (exact) mass is 1100 g/mol. The van der Waals surface area contributed by atoms with Gasteiger partial charge >= 0.3 is 12.4 Å². The summed E-state index contributed by atoms with van der Waals surface area (Å²) in [4.78, 5) is 114. The van der Waals surface area contributed by atoms with E-state index in [4.69, 9.17) is 0 Å². The third-order valence-electron chi connectivity index (χ3n) is 14.7. The van der Waals surface area contributed by atoms with Gasteiger partial charge in [-0.25, -0.2) is 14.7 Å². The molecule has 0 bridgehead atoms. The summed E-state index contributed by atoms with van der Waals surface area (Å²) in [6, 6.07) is 15.4. The maximum Gasteiger partial charge on any atom is 0.411 e. The molecule has 0 unspecified atom stereocenters. The third kappa shape index (κ3) is 7.33. The molecule has 4 heterocycles. The molecule has 6 aromatic rings. The van der Waals surface area contributed by atoms with E-state index in [-0.39, 0.29) is 84.9 Å². The maximum absolute atomic E-state index is 15.4. The van der Waals surface area contributed by atoms with Crippen molar-refractivity contribution in [2.75, 3.05) is 21.7 Å². The van der Waals surface area contributed by atoms with Gasteiger partial charge in [-0.05, 0) is 158 Å². The van der Waals surface area contributed by atoms with Crippen LogP contribution in [-0.4, -0.2) is 71.6 Å². The van der Waals surface area contributed by atoms with Crippen LogP contribution in [0.3, 0.4) is 0 Å². The van der Waals surface area contributed by atoms with Crippen LogP contribution in [0.15, 0.2) is 84.9 Å². The number of aryl methyl sites for hydroxylation is 4. The van der Waals surface area contributed by atoms with Crippen LogP contribution in [0.25, 0.3) is 11.1 Å².